The molecular weight excluding hydrogens is 363 g/mol. The molecule has 0 unspecified atom stereocenters. The zero-order chi connectivity index (χ0) is 17.6. The van der Waals surface area contributed by atoms with Crippen LogP contribution in [0.3, 0.4) is 0 Å². The second-order valence-electron chi connectivity index (χ2n) is 4.74. The Labute approximate surface area is 146 Å². The molecule has 0 atom stereocenters. The van der Waals surface area contributed by atoms with Crippen molar-refractivity contribution in [3.8, 4) is 5.75 Å². The highest BCUT2D eigenvalue weighted by Crippen LogP contribution is 2.24. The number of rotatable bonds is 6. The first-order chi connectivity index (χ1) is 11.3. The van der Waals surface area contributed by atoms with Gasteiger partial charge in [0, 0.05) is 16.5 Å². The quantitative estimate of drug-likeness (QED) is 0.762. The van der Waals surface area contributed by atoms with Crippen molar-refractivity contribution in [3.05, 3.63) is 59.1 Å². The largest absolute Gasteiger partial charge is 0.573 e. The van der Waals surface area contributed by atoms with Gasteiger partial charge in [0.15, 0.2) is 0 Å². The van der Waals surface area contributed by atoms with Crippen LogP contribution in [-0.2, 0) is 10.5 Å². The van der Waals surface area contributed by atoms with Gasteiger partial charge in [-0.05, 0) is 42.0 Å². The van der Waals surface area contributed by atoms with Gasteiger partial charge in [-0.3, -0.25) is 4.79 Å². The molecule has 0 spiro atoms. The molecule has 3 nitrogen and oxygen atoms in total. The fourth-order valence-corrected chi connectivity index (χ4v) is 2.81. The third-order valence-electron chi connectivity index (χ3n) is 2.76. The molecule has 1 N–H and O–H groups in total. The topological polar surface area (TPSA) is 38.3 Å². The highest BCUT2D eigenvalue weighted by Gasteiger charge is 2.30. The summed E-state index contributed by atoms with van der Waals surface area (Å²) in [5.41, 5.74) is 1.41. The van der Waals surface area contributed by atoms with Crippen LogP contribution in [0.1, 0.15) is 5.56 Å². The van der Waals surface area contributed by atoms with Gasteiger partial charge in [-0.1, -0.05) is 23.7 Å². The standard InChI is InChI=1S/C16H13ClF3NO2S/c17-12-3-1-2-11(8-12)9-24-10-15(22)21-13-4-6-14(7-5-13)23-16(18,19)20/h1-8H,9-10H2,(H,21,22). The maximum atomic E-state index is 12.1. The highest BCUT2D eigenvalue weighted by molar-refractivity contribution is 7.99. The Morgan fingerprint density at radius 3 is 2.50 bits per heavy atom. The summed E-state index contributed by atoms with van der Waals surface area (Å²) in [5.74, 6) is 0.266. The molecule has 0 aliphatic rings. The maximum absolute atomic E-state index is 12.1. The van der Waals surface area contributed by atoms with Gasteiger partial charge in [0.05, 0.1) is 5.75 Å². The molecule has 0 saturated carbocycles. The third-order valence-corrected chi connectivity index (χ3v) is 4.00. The van der Waals surface area contributed by atoms with Crippen molar-refractivity contribution in [2.24, 2.45) is 0 Å². The second-order valence-corrected chi connectivity index (χ2v) is 6.17. The summed E-state index contributed by atoms with van der Waals surface area (Å²) in [6.45, 7) is 0. The zero-order valence-electron chi connectivity index (χ0n) is 12.3. The van der Waals surface area contributed by atoms with Crippen molar-refractivity contribution in [1.82, 2.24) is 0 Å². The molecule has 2 aromatic rings. The van der Waals surface area contributed by atoms with E-state index in [1.54, 1.807) is 6.07 Å². The van der Waals surface area contributed by atoms with Gasteiger partial charge in [0.1, 0.15) is 5.75 Å². The van der Waals surface area contributed by atoms with Crippen molar-refractivity contribution >= 4 is 35.0 Å². The molecular formula is C16H13ClF3NO2S. The SMILES string of the molecule is O=C(CSCc1cccc(Cl)c1)Nc1ccc(OC(F)(F)F)cc1. The first-order valence-corrected chi connectivity index (χ1v) is 8.33. The normalized spacial score (nSPS) is 11.2. The second kappa shape index (κ2) is 8.30. The molecule has 1 amide bonds. The molecule has 128 valence electrons. The van der Waals surface area contributed by atoms with Gasteiger partial charge in [-0.15, -0.1) is 24.9 Å². The van der Waals surface area contributed by atoms with Crippen LogP contribution in [0, 0.1) is 0 Å². The number of nitrogens with one attached hydrogen (secondary N) is 1. The summed E-state index contributed by atoms with van der Waals surface area (Å²) in [5, 5.41) is 3.24. The van der Waals surface area contributed by atoms with Crippen molar-refractivity contribution in [3.63, 3.8) is 0 Å². The van der Waals surface area contributed by atoms with Crippen molar-refractivity contribution < 1.29 is 22.7 Å². The number of halogens is 4. The van der Waals surface area contributed by atoms with E-state index in [9.17, 15) is 18.0 Å². The van der Waals surface area contributed by atoms with Gasteiger partial charge in [-0.2, -0.15) is 0 Å². The van der Waals surface area contributed by atoms with Gasteiger partial charge in [-0.25, -0.2) is 0 Å². The van der Waals surface area contributed by atoms with E-state index in [4.69, 9.17) is 11.6 Å². The van der Waals surface area contributed by atoms with Crippen LogP contribution in [0.5, 0.6) is 5.75 Å². The van der Waals surface area contributed by atoms with Crippen molar-refractivity contribution in [2.45, 2.75) is 12.1 Å². The van der Waals surface area contributed by atoms with E-state index < -0.39 is 6.36 Å². The van der Waals surface area contributed by atoms with Crippen LogP contribution in [0.25, 0.3) is 0 Å². The van der Waals surface area contributed by atoms with Crippen LogP contribution < -0.4 is 10.1 Å². The lowest BCUT2D eigenvalue weighted by molar-refractivity contribution is -0.274. The molecule has 0 aliphatic carbocycles. The number of carbonyl (C=O) groups excluding carboxylic acids is 1. The molecule has 0 radical (unpaired) electrons. The predicted molar refractivity (Wildman–Crippen MR) is 89.4 cm³/mol. The van der Waals surface area contributed by atoms with E-state index >= 15 is 0 Å². The summed E-state index contributed by atoms with van der Waals surface area (Å²) in [7, 11) is 0. The lowest BCUT2D eigenvalue weighted by atomic mass is 10.2. The van der Waals surface area contributed by atoms with E-state index in [1.807, 2.05) is 18.2 Å². The number of alkyl halides is 3. The molecule has 8 heteroatoms. The van der Waals surface area contributed by atoms with Gasteiger partial charge < -0.3 is 10.1 Å². The Balaban J connectivity index is 1.78. The van der Waals surface area contributed by atoms with Crippen LogP contribution in [-0.4, -0.2) is 18.0 Å². The van der Waals surface area contributed by atoms with E-state index in [0.29, 0.717) is 16.5 Å². The van der Waals surface area contributed by atoms with Crippen molar-refractivity contribution in [1.29, 1.82) is 0 Å². The molecule has 0 fully saturated rings. The minimum absolute atomic E-state index is 0.216. The monoisotopic (exact) mass is 375 g/mol. The summed E-state index contributed by atoms with van der Waals surface area (Å²) in [6.07, 6.45) is -4.73. The summed E-state index contributed by atoms with van der Waals surface area (Å²) in [4.78, 5) is 11.8. The summed E-state index contributed by atoms with van der Waals surface area (Å²) in [6, 6.07) is 12.3. The average Bonchev–Trinajstić information content (AvgIpc) is 2.48. The first-order valence-electron chi connectivity index (χ1n) is 6.80. The van der Waals surface area contributed by atoms with E-state index in [0.717, 1.165) is 17.7 Å². The van der Waals surface area contributed by atoms with Crippen molar-refractivity contribution in [2.75, 3.05) is 11.1 Å². The zero-order valence-corrected chi connectivity index (χ0v) is 13.8. The fraction of sp³-hybridized carbons (Fsp3) is 0.188. The molecule has 0 aliphatic heterocycles. The third kappa shape index (κ3) is 6.72. The predicted octanol–water partition coefficient (Wildman–Crippen LogP) is 5.11. The fourth-order valence-electron chi connectivity index (χ4n) is 1.83. The summed E-state index contributed by atoms with van der Waals surface area (Å²) < 4.78 is 39.9. The molecule has 2 aromatic carbocycles. The Morgan fingerprint density at radius 2 is 1.88 bits per heavy atom. The Kier molecular flexibility index (Phi) is 6.39. The first kappa shape index (κ1) is 18.5. The number of amides is 1. The Hall–Kier alpha value is -1.86. The van der Waals surface area contributed by atoms with Gasteiger partial charge in [0.25, 0.3) is 0 Å². The highest BCUT2D eigenvalue weighted by atomic mass is 35.5. The number of thioether (sulfide) groups is 1. The average molecular weight is 376 g/mol. The number of benzene rings is 2. The molecule has 0 bridgehead atoms. The molecule has 0 aromatic heterocycles. The van der Waals surface area contributed by atoms with E-state index in [-0.39, 0.29) is 17.4 Å². The molecule has 2 rings (SSSR count). The Morgan fingerprint density at radius 1 is 1.17 bits per heavy atom. The van der Waals surface area contributed by atoms with Crippen LogP contribution in [0.2, 0.25) is 5.02 Å². The van der Waals surface area contributed by atoms with E-state index in [2.05, 4.69) is 10.1 Å². The maximum Gasteiger partial charge on any atom is 0.573 e. The molecule has 0 heterocycles. The number of hydrogen-bond donors (Lipinski definition) is 1. The Bertz CT molecular complexity index is 692. The lowest BCUT2D eigenvalue weighted by Gasteiger charge is -2.10. The minimum atomic E-state index is -4.73. The van der Waals surface area contributed by atoms with Gasteiger partial charge in [0.2, 0.25) is 5.91 Å². The van der Waals surface area contributed by atoms with Gasteiger partial charge >= 0.3 is 6.36 Å². The number of hydrogen-bond acceptors (Lipinski definition) is 3. The number of ether oxygens (including phenoxy) is 1. The number of anilines is 1. The lowest BCUT2D eigenvalue weighted by Crippen LogP contribution is -2.17. The van der Waals surface area contributed by atoms with E-state index in [1.165, 1.54) is 23.9 Å². The molecule has 0 saturated heterocycles. The van der Waals surface area contributed by atoms with Crippen LogP contribution in [0.4, 0.5) is 18.9 Å². The molecule has 24 heavy (non-hydrogen) atoms. The minimum Gasteiger partial charge on any atom is -0.406 e. The number of carbonyl (C=O) groups is 1. The van der Waals surface area contributed by atoms with Crippen LogP contribution in [0.15, 0.2) is 48.5 Å². The summed E-state index contributed by atoms with van der Waals surface area (Å²) >= 11 is 7.29. The van der Waals surface area contributed by atoms with Crippen LogP contribution >= 0.6 is 23.4 Å². The smallest absolute Gasteiger partial charge is 0.406 e.